The maximum atomic E-state index is 13.9. The number of benzene rings is 2. The molecule has 0 bridgehead atoms. The number of rotatable bonds is 10. The zero-order valence-electron chi connectivity index (χ0n) is 22.2. The molecule has 1 atom stereocenters. The maximum absolute atomic E-state index is 13.9. The number of aryl methyl sites for hydroxylation is 1. The van der Waals surface area contributed by atoms with E-state index in [1.54, 1.807) is 24.5 Å². The number of sulfonamides is 1. The van der Waals surface area contributed by atoms with Crippen molar-refractivity contribution in [3.8, 4) is 0 Å². The van der Waals surface area contributed by atoms with E-state index in [0.717, 1.165) is 24.0 Å². The monoisotopic (exact) mass is 593 g/mol. The third-order valence-corrected chi connectivity index (χ3v) is 9.02. The predicted octanol–water partition coefficient (Wildman–Crippen LogP) is 4.57. The quantitative estimate of drug-likeness (QED) is 0.333. The van der Waals surface area contributed by atoms with E-state index in [0.29, 0.717) is 46.5 Å². The second-order valence-corrected chi connectivity index (χ2v) is 12.3. The van der Waals surface area contributed by atoms with E-state index in [1.165, 1.54) is 12.1 Å². The topological polar surface area (TPSA) is 98.7 Å². The first kappa shape index (κ1) is 29.2. The molecule has 2 aromatic carbocycles. The fraction of sp³-hybridized carbons (Fsp3) is 0.429. The normalized spacial score (nSPS) is 18.2. The summed E-state index contributed by atoms with van der Waals surface area (Å²) in [4.78, 5) is 10.7. The highest BCUT2D eigenvalue weighted by Crippen LogP contribution is 2.46. The van der Waals surface area contributed by atoms with Crippen LogP contribution in [-0.2, 0) is 29.5 Å². The van der Waals surface area contributed by atoms with Crippen molar-refractivity contribution in [2.45, 2.75) is 56.2 Å². The Morgan fingerprint density at radius 3 is 2.39 bits per heavy atom. The Bertz CT molecular complexity index is 1450. The molecule has 0 saturated heterocycles. The lowest BCUT2D eigenvalue weighted by Crippen LogP contribution is -2.47. The average Bonchev–Trinajstić information content (AvgIpc) is 3.80. The molecule has 2 N–H and O–H groups in total. The Labute approximate surface area is 236 Å². The predicted molar refractivity (Wildman–Crippen MR) is 146 cm³/mol. The Hall–Kier alpha value is -3.29. The van der Waals surface area contributed by atoms with Gasteiger partial charge in [0.25, 0.3) is 0 Å². The molecular weight excluding hydrogens is 562 g/mol. The van der Waals surface area contributed by atoms with E-state index >= 15 is 0 Å². The van der Waals surface area contributed by atoms with Gasteiger partial charge in [0.1, 0.15) is 11.6 Å². The van der Waals surface area contributed by atoms with Crippen LogP contribution in [0.1, 0.15) is 47.7 Å². The van der Waals surface area contributed by atoms with Gasteiger partial charge in [0.15, 0.2) is 0 Å². The van der Waals surface area contributed by atoms with Crippen LogP contribution in [-0.4, -0.2) is 59.0 Å². The number of hydrogen-bond acceptors (Lipinski definition) is 7. The van der Waals surface area contributed by atoms with Crippen LogP contribution in [0.15, 0.2) is 54.9 Å². The zero-order chi connectivity index (χ0) is 29.2. The summed E-state index contributed by atoms with van der Waals surface area (Å²) < 4.78 is 81.2. The van der Waals surface area contributed by atoms with Gasteiger partial charge in [0, 0.05) is 31.4 Å². The molecule has 1 fully saturated rings. The highest BCUT2D eigenvalue weighted by molar-refractivity contribution is 7.89. The number of alkyl halides is 3. The van der Waals surface area contributed by atoms with Crippen molar-refractivity contribution < 1.29 is 31.1 Å². The first-order valence-corrected chi connectivity index (χ1v) is 14.9. The van der Waals surface area contributed by atoms with Crippen LogP contribution in [0.5, 0.6) is 0 Å². The first-order valence-electron chi connectivity index (χ1n) is 13.4. The Morgan fingerprint density at radius 2 is 1.76 bits per heavy atom. The van der Waals surface area contributed by atoms with Crippen LogP contribution in [0, 0.1) is 5.82 Å². The summed E-state index contributed by atoms with van der Waals surface area (Å²) in [5.74, 6) is 0.176. The van der Waals surface area contributed by atoms with E-state index in [2.05, 4.69) is 15.3 Å². The zero-order valence-corrected chi connectivity index (χ0v) is 23.0. The lowest BCUT2D eigenvalue weighted by molar-refractivity contribution is -0.0492. The summed E-state index contributed by atoms with van der Waals surface area (Å²) in [5.41, 5.74) is -1.98. The third kappa shape index (κ3) is 6.62. The largest absolute Gasteiger partial charge is 0.511 e. The lowest BCUT2D eigenvalue weighted by Gasteiger charge is -2.34. The molecule has 2 aliphatic rings. The number of aliphatic hydroxyl groups is 1. The molecule has 13 heteroatoms. The number of halogens is 4. The van der Waals surface area contributed by atoms with Crippen molar-refractivity contribution in [3.05, 3.63) is 83.2 Å². The van der Waals surface area contributed by atoms with Crippen molar-refractivity contribution >= 4 is 21.4 Å². The molecule has 3 aromatic rings. The fourth-order valence-electron chi connectivity index (χ4n) is 5.24. The lowest BCUT2D eigenvalue weighted by atomic mass is 9.99. The van der Waals surface area contributed by atoms with Crippen LogP contribution < -0.4 is 10.2 Å². The van der Waals surface area contributed by atoms with Gasteiger partial charge in [0.2, 0.25) is 0 Å². The fourth-order valence-corrected chi connectivity index (χ4v) is 6.20. The second-order valence-electron chi connectivity index (χ2n) is 10.3. The molecule has 1 saturated carbocycles. The molecule has 0 amide bonds. The second kappa shape index (κ2) is 11.9. The van der Waals surface area contributed by atoms with E-state index in [1.807, 2.05) is 23.1 Å². The number of hydrogen-bond donors (Lipinski definition) is 2. The standard InChI is InChI=1S/C28H31F4N5O3S/c29-21-9-4-19(5-10-21)6-11-23-16-36(41(39,40)28(30,31)32)17-25-24(20-7-8-20)2-1-3-26(25)37(23)18-27-34-14-22(15-35-27)33-12-13-38/h1-5,9-10,14-15,20,23,33,38H,6-8,11-13,16-18H2. The summed E-state index contributed by atoms with van der Waals surface area (Å²) in [6, 6.07) is 10.7. The number of nitrogens with one attached hydrogen (secondary N) is 1. The van der Waals surface area contributed by atoms with Gasteiger partial charge in [-0.15, -0.1) is 0 Å². The average molecular weight is 594 g/mol. The molecule has 41 heavy (non-hydrogen) atoms. The molecule has 220 valence electrons. The van der Waals surface area contributed by atoms with Crippen LogP contribution in [0.25, 0.3) is 0 Å². The van der Waals surface area contributed by atoms with Crippen LogP contribution in [0.4, 0.5) is 28.9 Å². The molecular formula is C28H31F4N5O3S. The molecule has 1 aromatic heterocycles. The highest BCUT2D eigenvalue weighted by atomic mass is 32.2. The van der Waals surface area contributed by atoms with Gasteiger partial charge in [0.05, 0.1) is 31.2 Å². The Kier molecular flexibility index (Phi) is 8.48. The molecule has 8 nitrogen and oxygen atoms in total. The molecule has 2 heterocycles. The SMILES string of the molecule is O=S(=O)(N1Cc2c(C3CC3)cccc2N(Cc2ncc(NCCO)cn2)C(CCc2ccc(F)cc2)C1)C(F)(F)F. The Morgan fingerprint density at radius 1 is 1.05 bits per heavy atom. The minimum absolute atomic E-state index is 0.0668. The van der Waals surface area contributed by atoms with Crippen molar-refractivity contribution in [2.75, 3.05) is 29.9 Å². The van der Waals surface area contributed by atoms with E-state index in [-0.39, 0.29) is 19.1 Å². The van der Waals surface area contributed by atoms with Gasteiger partial charge in [-0.05, 0) is 66.5 Å². The summed E-state index contributed by atoms with van der Waals surface area (Å²) in [6.07, 6.45) is 5.60. The van der Waals surface area contributed by atoms with Gasteiger partial charge >= 0.3 is 15.5 Å². The summed E-state index contributed by atoms with van der Waals surface area (Å²) >= 11 is 0. The van der Waals surface area contributed by atoms with Crippen molar-refractivity contribution in [1.82, 2.24) is 14.3 Å². The van der Waals surface area contributed by atoms with Crippen LogP contribution >= 0.6 is 0 Å². The van der Waals surface area contributed by atoms with E-state index in [4.69, 9.17) is 5.11 Å². The number of nitrogens with zero attached hydrogens (tertiary/aromatic N) is 4. The van der Waals surface area contributed by atoms with Crippen molar-refractivity contribution in [3.63, 3.8) is 0 Å². The van der Waals surface area contributed by atoms with Gasteiger partial charge in [-0.1, -0.05) is 24.3 Å². The summed E-state index contributed by atoms with van der Waals surface area (Å²) in [6.45, 7) is -0.393. The first-order chi connectivity index (χ1) is 19.6. The third-order valence-electron chi connectivity index (χ3n) is 7.47. The van der Waals surface area contributed by atoms with E-state index in [9.17, 15) is 26.0 Å². The summed E-state index contributed by atoms with van der Waals surface area (Å²) in [7, 11) is -5.62. The molecule has 0 radical (unpaired) electrons. The number of aliphatic hydroxyl groups excluding tert-OH is 1. The van der Waals surface area contributed by atoms with Gasteiger partial charge < -0.3 is 15.3 Å². The van der Waals surface area contributed by atoms with Crippen LogP contribution in [0.3, 0.4) is 0 Å². The Balaban J connectivity index is 1.55. The van der Waals surface area contributed by atoms with Gasteiger partial charge in [-0.25, -0.2) is 22.8 Å². The smallest absolute Gasteiger partial charge is 0.395 e. The molecule has 1 unspecified atom stereocenters. The summed E-state index contributed by atoms with van der Waals surface area (Å²) in [5, 5.41) is 12.0. The molecule has 1 aliphatic carbocycles. The highest BCUT2D eigenvalue weighted by Gasteiger charge is 2.51. The maximum Gasteiger partial charge on any atom is 0.511 e. The molecule has 5 rings (SSSR count). The van der Waals surface area contributed by atoms with E-state index < -0.39 is 40.5 Å². The molecule has 0 spiro atoms. The van der Waals surface area contributed by atoms with Crippen molar-refractivity contribution in [2.24, 2.45) is 0 Å². The minimum atomic E-state index is -5.62. The van der Waals surface area contributed by atoms with Crippen molar-refractivity contribution in [1.29, 1.82) is 0 Å². The number of fused-ring (bicyclic) bond motifs is 1. The molecule has 1 aliphatic heterocycles. The number of aromatic nitrogens is 2. The van der Waals surface area contributed by atoms with Gasteiger partial charge in [-0.2, -0.15) is 17.5 Å². The minimum Gasteiger partial charge on any atom is -0.395 e. The number of anilines is 2. The van der Waals surface area contributed by atoms with Crippen LogP contribution in [0.2, 0.25) is 0 Å². The van der Waals surface area contributed by atoms with Gasteiger partial charge in [-0.3, -0.25) is 0 Å².